The Morgan fingerprint density at radius 2 is 1.90 bits per heavy atom. The van der Waals surface area contributed by atoms with Gasteiger partial charge in [-0.2, -0.15) is 0 Å². The molecule has 1 N–H and O–H groups in total. The monoisotopic (exact) mass is 281 g/mol. The van der Waals surface area contributed by atoms with E-state index in [0.29, 0.717) is 18.7 Å². The fourth-order valence-electron chi connectivity index (χ4n) is 2.73. The summed E-state index contributed by atoms with van der Waals surface area (Å²) in [5, 5.41) is 2.87. The third kappa shape index (κ3) is 2.64. The van der Waals surface area contributed by atoms with Crippen molar-refractivity contribution in [2.75, 3.05) is 13.2 Å². The SMILES string of the molecule is Cc1c(Cc2ccccc2)cc2c(c1C)OCCNC2=O. The number of rotatable bonds is 2. The second-order valence-corrected chi connectivity index (χ2v) is 5.43. The summed E-state index contributed by atoms with van der Waals surface area (Å²) in [5.41, 5.74) is 5.34. The molecule has 2 aromatic carbocycles. The molecule has 0 saturated heterocycles. The minimum absolute atomic E-state index is 0.0417. The molecule has 0 aromatic heterocycles. The molecule has 3 rings (SSSR count). The highest BCUT2D eigenvalue weighted by Crippen LogP contribution is 2.31. The van der Waals surface area contributed by atoms with Crippen molar-refractivity contribution in [1.29, 1.82) is 0 Å². The van der Waals surface area contributed by atoms with Crippen LogP contribution in [0.4, 0.5) is 0 Å². The number of hydrogen-bond donors (Lipinski definition) is 1. The second-order valence-electron chi connectivity index (χ2n) is 5.43. The second kappa shape index (κ2) is 5.60. The first-order chi connectivity index (χ1) is 10.2. The highest BCUT2D eigenvalue weighted by molar-refractivity contribution is 5.98. The first-order valence-electron chi connectivity index (χ1n) is 7.25. The fraction of sp³-hybridized carbons (Fsp3) is 0.278. The van der Waals surface area contributed by atoms with E-state index < -0.39 is 0 Å². The number of fused-ring (bicyclic) bond motifs is 1. The van der Waals surface area contributed by atoms with E-state index in [-0.39, 0.29) is 5.91 Å². The smallest absolute Gasteiger partial charge is 0.255 e. The van der Waals surface area contributed by atoms with Crippen LogP contribution in [0.1, 0.15) is 32.6 Å². The highest BCUT2D eigenvalue weighted by Gasteiger charge is 2.21. The Labute approximate surface area is 124 Å². The van der Waals surface area contributed by atoms with Crippen molar-refractivity contribution in [1.82, 2.24) is 5.32 Å². The Balaban J connectivity index is 2.06. The zero-order valence-corrected chi connectivity index (χ0v) is 12.4. The van der Waals surface area contributed by atoms with E-state index in [1.54, 1.807) is 0 Å². The first-order valence-corrected chi connectivity index (χ1v) is 7.25. The minimum Gasteiger partial charge on any atom is -0.491 e. The van der Waals surface area contributed by atoms with Crippen LogP contribution in [-0.4, -0.2) is 19.1 Å². The molecule has 2 aromatic rings. The van der Waals surface area contributed by atoms with E-state index >= 15 is 0 Å². The zero-order valence-electron chi connectivity index (χ0n) is 12.4. The van der Waals surface area contributed by atoms with Gasteiger partial charge in [0, 0.05) is 0 Å². The van der Waals surface area contributed by atoms with Gasteiger partial charge in [0.2, 0.25) is 0 Å². The Morgan fingerprint density at radius 3 is 2.67 bits per heavy atom. The summed E-state index contributed by atoms with van der Waals surface area (Å²) in [5.74, 6) is 0.694. The molecule has 3 heteroatoms. The van der Waals surface area contributed by atoms with Crippen LogP contribution in [0, 0.1) is 13.8 Å². The highest BCUT2D eigenvalue weighted by atomic mass is 16.5. The van der Waals surface area contributed by atoms with Crippen LogP contribution in [0.15, 0.2) is 36.4 Å². The quantitative estimate of drug-likeness (QED) is 0.919. The van der Waals surface area contributed by atoms with Gasteiger partial charge in [0.15, 0.2) is 0 Å². The largest absolute Gasteiger partial charge is 0.491 e. The normalized spacial score (nSPS) is 13.9. The van der Waals surface area contributed by atoms with Crippen molar-refractivity contribution >= 4 is 5.91 Å². The lowest BCUT2D eigenvalue weighted by atomic mass is 9.93. The molecule has 0 unspecified atom stereocenters. The lowest BCUT2D eigenvalue weighted by Gasteiger charge is -2.16. The molecule has 3 nitrogen and oxygen atoms in total. The molecular formula is C18H19NO2. The van der Waals surface area contributed by atoms with Gasteiger partial charge in [-0.1, -0.05) is 30.3 Å². The summed E-state index contributed by atoms with van der Waals surface area (Å²) >= 11 is 0. The topological polar surface area (TPSA) is 38.3 Å². The maximum absolute atomic E-state index is 12.2. The summed E-state index contributed by atoms with van der Waals surface area (Å²) in [6, 6.07) is 12.3. The minimum atomic E-state index is -0.0417. The van der Waals surface area contributed by atoms with Gasteiger partial charge in [0.1, 0.15) is 12.4 Å². The molecule has 0 saturated carbocycles. The first kappa shape index (κ1) is 13.7. The summed E-state index contributed by atoms with van der Waals surface area (Å²) in [7, 11) is 0. The van der Waals surface area contributed by atoms with Crippen LogP contribution >= 0.6 is 0 Å². The van der Waals surface area contributed by atoms with Crippen molar-refractivity contribution < 1.29 is 9.53 Å². The van der Waals surface area contributed by atoms with Crippen LogP contribution in [0.5, 0.6) is 5.75 Å². The average Bonchev–Trinajstić information content (AvgIpc) is 2.68. The molecule has 21 heavy (non-hydrogen) atoms. The van der Waals surface area contributed by atoms with Gasteiger partial charge in [-0.3, -0.25) is 4.79 Å². The summed E-state index contributed by atoms with van der Waals surface area (Å²) in [4.78, 5) is 12.2. The Morgan fingerprint density at radius 1 is 1.14 bits per heavy atom. The van der Waals surface area contributed by atoms with Crippen molar-refractivity contribution in [2.24, 2.45) is 0 Å². The molecule has 0 radical (unpaired) electrons. The number of amides is 1. The molecule has 0 spiro atoms. The van der Waals surface area contributed by atoms with E-state index in [4.69, 9.17) is 4.74 Å². The van der Waals surface area contributed by atoms with Gasteiger partial charge in [-0.05, 0) is 48.6 Å². The van der Waals surface area contributed by atoms with Gasteiger partial charge >= 0.3 is 0 Å². The molecular weight excluding hydrogens is 262 g/mol. The third-order valence-electron chi connectivity index (χ3n) is 4.06. The summed E-state index contributed by atoms with van der Waals surface area (Å²) in [6.45, 7) is 5.21. The van der Waals surface area contributed by atoms with Crippen LogP contribution in [0.25, 0.3) is 0 Å². The number of carbonyl (C=O) groups excluding carboxylic acids is 1. The van der Waals surface area contributed by atoms with Gasteiger partial charge < -0.3 is 10.1 Å². The maximum Gasteiger partial charge on any atom is 0.255 e. The molecule has 0 bridgehead atoms. The van der Waals surface area contributed by atoms with Crippen LogP contribution in [0.2, 0.25) is 0 Å². The van der Waals surface area contributed by atoms with Crippen LogP contribution in [0.3, 0.4) is 0 Å². The van der Waals surface area contributed by atoms with Gasteiger partial charge in [-0.15, -0.1) is 0 Å². The van der Waals surface area contributed by atoms with Crippen LogP contribution in [-0.2, 0) is 6.42 Å². The van der Waals surface area contributed by atoms with Crippen molar-refractivity contribution in [3.05, 3.63) is 64.2 Å². The van der Waals surface area contributed by atoms with E-state index in [1.807, 2.05) is 31.2 Å². The lowest BCUT2D eigenvalue weighted by Crippen LogP contribution is -2.24. The third-order valence-corrected chi connectivity index (χ3v) is 4.06. The van der Waals surface area contributed by atoms with Crippen molar-refractivity contribution in [3.8, 4) is 5.75 Å². The molecule has 1 aliphatic rings. The van der Waals surface area contributed by atoms with E-state index in [1.165, 1.54) is 16.7 Å². The van der Waals surface area contributed by atoms with Gasteiger partial charge in [0.05, 0.1) is 12.1 Å². The Kier molecular flexibility index (Phi) is 3.65. The molecule has 1 heterocycles. The molecule has 1 amide bonds. The van der Waals surface area contributed by atoms with Gasteiger partial charge in [-0.25, -0.2) is 0 Å². The molecule has 0 aliphatic carbocycles. The average molecular weight is 281 g/mol. The summed E-state index contributed by atoms with van der Waals surface area (Å²) < 4.78 is 5.75. The van der Waals surface area contributed by atoms with E-state index in [2.05, 4.69) is 24.4 Å². The van der Waals surface area contributed by atoms with E-state index in [0.717, 1.165) is 17.7 Å². The number of benzene rings is 2. The Hall–Kier alpha value is -2.29. The predicted octanol–water partition coefficient (Wildman–Crippen LogP) is 3.02. The molecule has 1 aliphatic heterocycles. The Bertz CT molecular complexity index is 677. The van der Waals surface area contributed by atoms with Crippen molar-refractivity contribution in [3.63, 3.8) is 0 Å². The van der Waals surface area contributed by atoms with Gasteiger partial charge in [0.25, 0.3) is 5.91 Å². The number of nitrogens with one attached hydrogen (secondary N) is 1. The molecule has 0 fully saturated rings. The van der Waals surface area contributed by atoms with Crippen molar-refractivity contribution in [2.45, 2.75) is 20.3 Å². The summed E-state index contributed by atoms with van der Waals surface area (Å²) in [6.07, 6.45) is 0.827. The number of ether oxygens (including phenoxy) is 1. The zero-order chi connectivity index (χ0) is 14.8. The maximum atomic E-state index is 12.2. The lowest BCUT2D eigenvalue weighted by molar-refractivity contribution is 0.0957. The molecule has 0 atom stereocenters. The van der Waals surface area contributed by atoms with Crippen LogP contribution < -0.4 is 10.1 Å². The van der Waals surface area contributed by atoms with E-state index in [9.17, 15) is 4.79 Å². The fourth-order valence-corrected chi connectivity index (χ4v) is 2.73. The number of hydrogen-bond acceptors (Lipinski definition) is 2. The standard InChI is InChI=1S/C18H19NO2/c1-12-13(2)17-16(18(20)19-8-9-21-17)11-15(12)10-14-6-4-3-5-7-14/h3-7,11H,8-10H2,1-2H3,(H,19,20). The number of carbonyl (C=O) groups is 1. The predicted molar refractivity (Wildman–Crippen MR) is 83.0 cm³/mol. The molecule has 108 valence electrons.